The van der Waals surface area contributed by atoms with Crippen LogP contribution in [-0.2, 0) is 4.74 Å². The number of hydrogen-bond acceptors (Lipinski definition) is 6. The average molecular weight is 390 g/mol. The molecule has 4 rings (SSSR count). The number of benzene rings is 2. The number of fused-ring (bicyclic) bond motifs is 1. The van der Waals surface area contributed by atoms with Crippen LogP contribution in [0.3, 0.4) is 0 Å². The molecule has 6 nitrogen and oxygen atoms in total. The van der Waals surface area contributed by atoms with Gasteiger partial charge in [-0.05, 0) is 34.7 Å². The van der Waals surface area contributed by atoms with E-state index in [0.29, 0.717) is 11.5 Å². The van der Waals surface area contributed by atoms with E-state index in [1.54, 1.807) is 7.11 Å². The number of hydrazine groups is 1. The predicted molar refractivity (Wildman–Crippen MR) is 110 cm³/mol. The maximum absolute atomic E-state index is 9.86. The molecule has 1 fully saturated rings. The lowest BCUT2D eigenvalue weighted by Gasteiger charge is -2.36. The highest BCUT2D eigenvalue weighted by Gasteiger charge is 2.49. The number of nitrogens with zero attached hydrogens (tertiary/aromatic N) is 1. The molecular weight excluding hydrogens is 364 g/mol. The molecule has 4 atom stereocenters. The Hall–Kier alpha value is -3.01. The number of hydrogen-bond donors (Lipinski definition) is 3. The number of methoxy groups -OCH3 is 1. The third-order valence-electron chi connectivity index (χ3n) is 5.89. The molecular formula is C23H26N4O2. The maximum atomic E-state index is 9.86. The molecule has 2 aliphatic heterocycles. The van der Waals surface area contributed by atoms with Crippen LogP contribution in [0.1, 0.15) is 48.4 Å². The van der Waals surface area contributed by atoms with Crippen LogP contribution in [0, 0.1) is 17.2 Å². The van der Waals surface area contributed by atoms with Crippen molar-refractivity contribution in [1.29, 1.82) is 5.26 Å². The van der Waals surface area contributed by atoms with Gasteiger partial charge in [-0.25, -0.2) is 10.9 Å². The van der Waals surface area contributed by atoms with E-state index < -0.39 is 0 Å². The van der Waals surface area contributed by atoms with Gasteiger partial charge in [0.05, 0.1) is 18.7 Å². The first-order valence-corrected chi connectivity index (χ1v) is 9.84. The molecule has 150 valence electrons. The van der Waals surface area contributed by atoms with Gasteiger partial charge in [0.2, 0.25) is 5.88 Å². The van der Waals surface area contributed by atoms with Crippen molar-refractivity contribution in [2.24, 2.45) is 11.7 Å². The fraction of sp³-hybridized carbons (Fsp3) is 0.348. The summed E-state index contributed by atoms with van der Waals surface area (Å²) >= 11 is 0. The Kier molecular flexibility index (Phi) is 5.18. The van der Waals surface area contributed by atoms with Crippen molar-refractivity contribution >= 4 is 0 Å². The minimum absolute atomic E-state index is 0.0322. The van der Waals surface area contributed by atoms with Gasteiger partial charge in [0.15, 0.2) is 6.23 Å². The van der Waals surface area contributed by atoms with Crippen LogP contribution in [0.2, 0.25) is 0 Å². The molecule has 4 unspecified atom stereocenters. The quantitative estimate of drug-likeness (QED) is 0.741. The molecule has 0 spiro atoms. The molecule has 0 bridgehead atoms. The highest BCUT2D eigenvalue weighted by atomic mass is 16.5. The number of ether oxygens (including phenoxy) is 2. The summed E-state index contributed by atoms with van der Waals surface area (Å²) in [5, 5.41) is 9.86. The zero-order chi connectivity index (χ0) is 20.5. The second kappa shape index (κ2) is 7.78. The molecule has 2 heterocycles. The SMILES string of the molecule is COc1ccc(C2NNC3OC(N)=C(C#N)C(c4ccc(C(C)C)cc4)C32)cc1. The smallest absolute Gasteiger partial charge is 0.200 e. The van der Waals surface area contributed by atoms with Crippen molar-refractivity contribution in [3.63, 3.8) is 0 Å². The van der Waals surface area contributed by atoms with Gasteiger partial charge in [-0.3, -0.25) is 0 Å². The van der Waals surface area contributed by atoms with Gasteiger partial charge in [-0.15, -0.1) is 0 Å². The van der Waals surface area contributed by atoms with E-state index in [0.717, 1.165) is 16.9 Å². The molecule has 0 saturated carbocycles. The van der Waals surface area contributed by atoms with E-state index in [1.807, 2.05) is 24.3 Å². The number of rotatable bonds is 4. The summed E-state index contributed by atoms with van der Waals surface area (Å²) in [7, 11) is 1.65. The van der Waals surface area contributed by atoms with Crippen molar-refractivity contribution in [1.82, 2.24) is 10.9 Å². The average Bonchev–Trinajstić information content (AvgIpc) is 3.16. The van der Waals surface area contributed by atoms with Gasteiger partial charge in [-0.1, -0.05) is 50.2 Å². The van der Waals surface area contributed by atoms with E-state index in [1.165, 1.54) is 5.56 Å². The lowest BCUT2D eigenvalue weighted by molar-refractivity contribution is 0.0340. The summed E-state index contributed by atoms with van der Waals surface area (Å²) in [5.74, 6) is 1.24. The first kappa shape index (κ1) is 19.3. The van der Waals surface area contributed by atoms with E-state index in [4.69, 9.17) is 15.2 Å². The first-order valence-electron chi connectivity index (χ1n) is 9.84. The van der Waals surface area contributed by atoms with Gasteiger partial charge in [0.25, 0.3) is 0 Å². The molecule has 2 aliphatic rings. The molecule has 6 heteroatoms. The van der Waals surface area contributed by atoms with E-state index in [2.05, 4.69) is 55.0 Å². The normalized spacial score (nSPS) is 26.0. The largest absolute Gasteiger partial charge is 0.497 e. The summed E-state index contributed by atoms with van der Waals surface area (Å²) in [6, 6.07) is 18.7. The Bertz CT molecular complexity index is 944. The van der Waals surface area contributed by atoms with Crippen LogP contribution in [0.25, 0.3) is 0 Å². The second-order valence-corrected chi connectivity index (χ2v) is 7.84. The Morgan fingerprint density at radius 2 is 1.69 bits per heavy atom. The van der Waals surface area contributed by atoms with Gasteiger partial charge in [0.1, 0.15) is 11.8 Å². The van der Waals surface area contributed by atoms with Crippen LogP contribution in [0.5, 0.6) is 5.75 Å². The van der Waals surface area contributed by atoms with Gasteiger partial charge < -0.3 is 15.2 Å². The van der Waals surface area contributed by atoms with E-state index >= 15 is 0 Å². The third-order valence-corrected chi connectivity index (χ3v) is 5.89. The maximum Gasteiger partial charge on any atom is 0.200 e. The first-order chi connectivity index (χ1) is 14.0. The summed E-state index contributed by atoms with van der Waals surface area (Å²) in [6.45, 7) is 4.34. The highest BCUT2D eigenvalue weighted by Crippen LogP contribution is 2.47. The lowest BCUT2D eigenvalue weighted by atomic mass is 9.74. The zero-order valence-corrected chi connectivity index (χ0v) is 16.8. The molecule has 0 aromatic heterocycles. The van der Waals surface area contributed by atoms with Crippen LogP contribution in [-0.4, -0.2) is 13.3 Å². The fourth-order valence-corrected chi connectivity index (χ4v) is 4.28. The van der Waals surface area contributed by atoms with Gasteiger partial charge in [-0.2, -0.15) is 5.26 Å². The molecule has 2 aromatic rings. The van der Waals surface area contributed by atoms with Crippen LogP contribution < -0.4 is 21.3 Å². The van der Waals surface area contributed by atoms with Crippen LogP contribution >= 0.6 is 0 Å². The second-order valence-electron chi connectivity index (χ2n) is 7.84. The van der Waals surface area contributed by atoms with Crippen molar-refractivity contribution < 1.29 is 9.47 Å². The summed E-state index contributed by atoms with van der Waals surface area (Å²) in [5.41, 5.74) is 16.6. The Morgan fingerprint density at radius 1 is 1.03 bits per heavy atom. The Morgan fingerprint density at radius 3 is 2.28 bits per heavy atom. The Balaban J connectivity index is 1.76. The number of nitriles is 1. The molecule has 4 N–H and O–H groups in total. The molecule has 1 saturated heterocycles. The summed E-state index contributed by atoms with van der Waals surface area (Å²) in [6.07, 6.45) is -0.325. The van der Waals surface area contributed by atoms with E-state index in [-0.39, 0.29) is 30.0 Å². The third kappa shape index (κ3) is 3.44. The van der Waals surface area contributed by atoms with Crippen LogP contribution in [0.4, 0.5) is 0 Å². The lowest BCUT2D eigenvalue weighted by Crippen LogP contribution is -2.40. The molecule has 0 radical (unpaired) electrons. The zero-order valence-electron chi connectivity index (χ0n) is 16.8. The number of nitrogens with one attached hydrogen (secondary N) is 2. The fourth-order valence-electron chi connectivity index (χ4n) is 4.28. The standard InChI is InChI=1S/C23H26N4O2/c1-13(2)14-4-6-15(7-5-14)19-18(12-24)22(25)29-23-20(19)21(26-27-23)16-8-10-17(28-3)11-9-16/h4-11,13,19-21,23,26-27H,25H2,1-3H3. The van der Waals surface area contributed by atoms with Crippen molar-refractivity contribution in [2.45, 2.75) is 38.0 Å². The molecule has 0 amide bonds. The minimum Gasteiger partial charge on any atom is -0.497 e. The van der Waals surface area contributed by atoms with Gasteiger partial charge >= 0.3 is 0 Å². The van der Waals surface area contributed by atoms with Crippen molar-refractivity contribution in [3.05, 3.63) is 76.7 Å². The molecule has 2 aromatic carbocycles. The highest BCUT2D eigenvalue weighted by molar-refractivity contribution is 5.43. The molecule has 29 heavy (non-hydrogen) atoms. The number of nitrogens with two attached hydrogens (primary N) is 1. The summed E-state index contributed by atoms with van der Waals surface area (Å²) < 4.78 is 11.1. The Labute approximate surface area is 171 Å². The summed E-state index contributed by atoms with van der Waals surface area (Å²) in [4.78, 5) is 0. The monoisotopic (exact) mass is 390 g/mol. The number of allylic oxidation sites excluding steroid dienone is 1. The van der Waals surface area contributed by atoms with E-state index in [9.17, 15) is 5.26 Å². The van der Waals surface area contributed by atoms with Crippen molar-refractivity contribution in [2.75, 3.05) is 7.11 Å². The predicted octanol–water partition coefficient (Wildman–Crippen LogP) is 3.42. The van der Waals surface area contributed by atoms with Gasteiger partial charge in [0, 0.05) is 11.8 Å². The van der Waals surface area contributed by atoms with Crippen LogP contribution in [0.15, 0.2) is 60.0 Å². The minimum atomic E-state index is -0.325. The molecule has 0 aliphatic carbocycles. The topological polar surface area (TPSA) is 92.3 Å². The van der Waals surface area contributed by atoms with Crippen molar-refractivity contribution in [3.8, 4) is 11.8 Å².